The monoisotopic (exact) mass is 512 g/mol. The Morgan fingerprint density at radius 3 is 2.66 bits per heavy atom. The molecule has 1 aromatic heterocycles. The zero-order chi connectivity index (χ0) is 24.8. The molecule has 0 fully saturated rings. The van der Waals surface area contributed by atoms with E-state index in [0.717, 1.165) is 23.3 Å². The van der Waals surface area contributed by atoms with Gasteiger partial charge in [-0.15, -0.1) is 11.3 Å². The van der Waals surface area contributed by atoms with Crippen molar-refractivity contribution in [3.05, 3.63) is 86.6 Å². The molecule has 0 bridgehead atoms. The van der Waals surface area contributed by atoms with Crippen LogP contribution in [0.15, 0.2) is 60.0 Å². The molecule has 1 atom stereocenters. The van der Waals surface area contributed by atoms with Crippen LogP contribution in [0.4, 0.5) is 0 Å². The minimum absolute atomic E-state index is 0.0127. The van der Waals surface area contributed by atoms with Crippen molar-refractivity contribution < 1.29 is 19.1 Å². The van der Waals surface area contributed by atoms with Gasteiger partial charge in [0.25, 0.3) is 5.91 Å². The molecule has 0 saturated heterocycles. The maximum atomic E-state index is 13.7. The maximum absolute atomic E-state index is 13.7. The highest BCUT2D eigenvalue weighted by molar-refractivity contribution is 7.10. The largest absolute Gasteiger partial charge is 0.497 e. The SMILES string of the molecule is COCCCN(CC(=O)N1CCc2sccc2C1c1ccc(OC)cc1)C(=O)c1cccc(Cl)c1. The van der Waals surface area contributed by atoms with Crippen LogP contribution in [0.3, 0.4) is 0 Å². The number of ether oxygens (including phenoxy) is 2. The highest BCUT2D eigenvalue weighted by Gasteiger charge is 2.34. The van der Waals surface area contributed by atoms with Gasteiger partial charge < -0.3 is 19.3 Å². The standard InChI is InChI=1S/C27H29ClN2O4S/c1-33-15-4-13-29(27(32)20-5-3-6-21(28)17-20)18-25(31)30-14-11-24-23(12-16-35-24)26(30)19-7-9-22(34-2)10-8-19/h3,5-10,12,16-17,26H,4,11,13-15,18H2,1-2H3. The Hall–Kier alpha value is -2.87. The molecule has 35 heavy (non-hydrogen) atoms. The highest BCUT2D eigenvalue weighted by Crippen LogP contribution is 2.38. The number of hydrogen-bond acceptors (Lipinski definition) is 5. The fraction of sp³-hybridized carbons (Fsp3) is 0.333. The molecule has 1 aliphatic heterocycles. The number of fused-ring (bicyclic) bond motifs is 1. The molecule has 0 saturated carbocycles. The van der Waals surface area contributed by atoms with Crippen LogP contribution in [-0.2, 0) is 16.0 Å². The van der Waals surface area contributed by atoms with Crippen LogP contribution in [0.5, 0.6) is 5.75 Å². The molecular formula is C27H29ClN2O4S. The minimum atomic E-state index is -0.216. The summed E-state index contributed by atoms with van der Waals surface area (Å²) >= 11 is 7.84. The molecule has 1 aliphatic rings. The quantitative estimate of drug-likeness (QED) is 0.376. The zero-order valence-electron chi connectivity index (χ0n) is 19.9. The van der Waals surface area contributed by atoms with Gasteiger partial charge in [-0.05, 0) is 65.7 Å². The number of amides is 2. The zero-order valence-corrected chi connectivity index (χ0v) is 21.5. The Morgan fingerprint density at radius 2 is 1.94 bits per heavy atom. The first-order valence-corrected chi connectivity index (χ1v) is 12.8. The third-order valence-electron chi connectivity index (χ3n) is 6.18. The molecule has 3 aromatic rings. The predicted molar refractivity (Wildman–Crippen MR) is 138 cm³/mol. The first-order chi connectivity index (χ1) is 17.0. The summed E-state index contributed by atoms with van der Waals surface area (Å²) in [6.07, 6.45) is 1.43. The molecule has 2 heterocycles. The molecule has 0 spiro atoms. The molecular weight excluding hydrogens is 484 g/mol. The molecule has 0 radical (unpaired) electrons. The first-order valence-electron chi connectivity index (χ1n) is 11.5. The van der Waals surface area contributed by atoms with E-state index in [-0.39, 0.29) is 24.4 Å². The van der Waals surface area contributed by atoms with Gasteiger partial charge in [-0.1, -0.05) is 29.8 Å². The topological polar surface area (TPSA) is 59.1 Å². The Kier molecular flexibility index (Phi) is 8.44. The lowest BCUT2D eigenvalue weighted by molar-refractivity contribution is -0.134. The van der Waals surface area contributed by atoms with Gasteiger partial charge in [0.05, 0.1) is 13.2 Å². The third kappa shape index (κ3) is 5.86. The Bertz CT molecular complexity index is 1160. The van der Waals surface area contributed by atoms with E-state index in [2.05, 4.69) is 11.4 Å². The van der Waals surface area contributed by atoms with Crippen molar-refractivity contribution in [2.75, 3.05) is 40.5 Å². The molecule has 2 amide bonds. The minimum Gasteiger partial charge on any atom is -0.497 e. The van der Waals surface area contributed by atoms with Crippen molar-refractivity contribution in [1.29, 1.82) is 0 Å². The van der Waals surface area contributed by atoms with Crippen LogP contribution in [0.2, 0.25) is 5.02 Å². The van der Waals surface area contributed by atoms with E-state index in [9.17, 15) is 9.59 Å². The number of halogens is 1. The Labute approximate surface area is 215 Å². The average Bonchev–Trinajstić information content (AvgIpc) is 3.36. The molecule has 0 aliphatic carbocycles. The second-order valence-electron chi connectivity index (χ2n) is 8.40. The van der Waals surface area contributed by atoms with Crippen LogP contribution < -0.4 is 4.74 Å². The number of rotatable bonds is 9. The average molecular weight is 513 g/mol. The summed E-state index contributed by atoms with van der Waals surface area (Å²) in [5.41, 5.74) is 2.63. The highest BCUT2D eigenvalue weighted by atomic mass is 35.5. The summed E-state index contributed by atoms with van der Waals surface area (Å²) in [5, 5.41) is 2.56. The van der Waals surface area contributed by atoms with Gasteiger partial charge in [0.1, 0.15) is 12.3 Å². The van der Waals surface area contributed by atoms with E-state index in [1.165, 1.54) is 4.88 Å². The van der Waals surface area contributed by atoms with Crippen LogP contribution in [-0.4, -0.2) is 62.1 Å². The van der Waals surface area contributed by atoms with E-state index < -0.39 is 0 Å². The number of benzene rings is 2. The van der Waals surface area contributed by atoms with Gasteiger partial charge in [0, 0.05) is 42.3 Å². The van der Waals surface area contributed by atoms with Crippen LogP contribution in [0.25, 0.3) is 0 Å². The number of nitrogens with zero attached hydrogens (tertiary/aromatic N) is 2. The van der Waals surface area contributed by atoms with Crippen molar-refractivity contribution in [2.45, 2.75) is 18.9 Å². The molecule has 8 heteroatoms. The predicted octanol–water partition coefficient (Wildman–Crippen LogP) is 5.06. The van der Waals surface area contributed by atoms with Crippen molar-refractivity contribution in [3.63, 3.8) is 0 Å². The molecule has 0 N–H and O–H groups in total. The summed E-state index contributed by atoms with van der Waals surface area (Å²) in [7, 11) is 3.26. The summed E-state index contributed by atoms with van der Waals surface area (Å²) in [6, 6.07) is 16.6. The molecule has 6 nitrogen and oxygen atoms in total. The van der Waals surface area contributed by atoms with E-state index >= 15 is 0 Å². The van der Waals surface area contributed by atoms with Gasteiger partial charge in [-0.3, -0.25) is 9.59 Å². The number of hydrogen-bond donors (Lipinski definition) is 0. The second-order valence-corrected chi connectivity index (χ2v) is 9.83. The molecule has 2 aromatic carbocycles. The van der Waals surface area contributed by atoms with E-state index in [1.54, 1.807) is 54.7 Å². The van der Waals surface area contributed by atoms with E-state index in [4.69, 9.17) is 21.1 Å². The van der Waals surface area contributed by atoms with Gasteiger partial charge in [0.2, 0.25) is 5.91 Å². The Morgan fingerprint density at radius 1 is 1.14 bits per heavy atom. The second kappa shape index (κ2) is 11.7. The van der Waals surface area contributed by atoms with Crippen molar-refractivity contribution in [2.24, 2.45) is 0 Å². The van der Waals surface area contributed by atoms with Gasteiger partial charge >= 0.3 is 0 Å². The summed E-state index contributed by atoms with van der Waals surface area (Å²) in [5.74, 6) is 0.464. The van der Waals surface area contributed by atoms with Crippen LogP contribution >= 0.6 is 22.9 Å². The maximum Gasteiger partial charge on any atom is 0.254 e. The summed E-state index contributed by atoms with van der Waals surface area (Å²) in [6.45, 7) is 1.50. The normalized spacial score (nSPS) is 14.9. The molecule has 184 valence electrons. The summed E-state index contributed by atoms with van der Waals surface area (Å²) < 4.78 is 10.5. The number of methoxy groups -OCH3 is 2. The van der Waals surface area contributed by atoms with E-state index in [0.29, 0.717) is 36.7 Å². The summed E-state index contributed by atoms with van der Waals surface area (Å²) in [4.78, 5) is 31.9. The van der Waals surface area contributed by atoms with Crippen molar-refractivity contribution in [1.82, 2.24) is 9.80 Å². The lowest BCUT2D eigenvalue weighted by Gasteiger charge is -2.37. The van der Waals surface area contributed by atoms with Crippen LogP contribution in [0, 0.1) is 0 Å². The van der Waals surface area contributed by atoms with Crippen molar-refractivity contribution >= 4 is 34.8 Å². The third-order valence-corrected chi connectivity index (χ3v) is 7.41. The number of thiophene rings is 1. The lowest BCUT2D eigenvalue weighted by Crippen LogP contribution is -2.47. The van der Waals surface area contributed by atoms with Crippen molar-refractivity contribution in [3.8, 4) is 5.75 Å². The van der Waals surface area contributed by atoms with Crippen LogP contribution in [0.1, 0.15) is 38.8 Å². The number of carbonyl (C=O) groups is 2. The van der Waals surface area contributed by atoms with E-state index in [1.807, 2.05) is 29.2 Å². The fourth-order valence-electron chi connectivity index (χ4n) is 4.44. The number of carbonyl (C=O) groups excluding carboxylic acids is 2. The van der Waals surface area contributed by atoms with Gasteiger partial charge in [0.15, 0.2) is 0 Å². The first kappa shape index (κ1) is 25.2. The smallest absolute Gasteiger partial charge is 0.254 e. The Balaban J connectivity index is 1.60. The van der Waals surface area contributed by atoms with Gasteiger partial charge in [-0.2, -0.15) is 0 Å². The fourth-order valence-corrected chi connectivity index (χ4v) is 5.54. The van der Waals surface area contributed by atoms with Gasteiger partial charge in [-0.25, -0.2) is 0 Å². The molecule has 1 unspecified atom stereocenters. The lowest BCUT2D eigenvalue weighted by atomic mass is 9.93. The molecule has 4 rings (SSSR count).